The molecule has 0 unspecified atom stereocenters. The minimum Gasteiger partial charge on any atom is -0.244 e. The first kappa shape index (κ1) is 9.34. The summed E-state index contributed by atoms with van der Waals surface area (Å²) in [6.07, 6.45) is 1.77. The quantitative estimate of drug-likeness (QED) is 0.696. The fourth-order valence-corrected chi connectivity index (χ4v) is 2.08. The van der Waals surface area contributed by atoms with Crippen molar-refractivity contribution < 1.29 is 4.39 Å². The van der Waals surface area contributed by atoms with Crippen LogP contribution in [-0.2, 0) is 0 Å². The molecule has 0 fully saturated rings. The summed E-state index contributed by atoms with van der Waals surface area (Å²) in [5.41, 5.74) is 1.26. The fraction of sp³-hybridized carbons (Fsp3) is 0.182. The first-order valence-electron chi connectivity index (χ1n) is 4.36. The highest BCUT2D eigenvalue weighted by Gasteiger charge is 2.09. The van der Waals surface area contributed by atoms with Crippen molar-refractivity contribution in [3.8, 4) is 10.6 Å². The summed E-state index contributed by atoms with van der Waals surface area (Å²) in [4.78, 5) is 5.26. The Balaban J connectivity index is 2.57. The molecule has 1 heterocycles. The number of halogens is 1. The Hall–Kier alpha value is -1.22. The van der Waals surface area contributed by atoms with Crippen molar-refractivity contribution in [2.75, 3.05) is 0 Å². The average Bonchev–Trinajstić information content (AvgIpc) is 2.57. The summed E-state index contributed by atoms with van der Waals surface area (Å²) in [6, 6.07) is 5.38. The van der Waals surface area contributed by atoms with Gasteiger partial charge in [0, 0.05) is 16.6 Å². The minimum absolute atomic E-state index is 0.165. The lowest BCUT2D eigenvalue weighted by Gasteiger charge is -2.00. The zero-order valence-electron chi connectivity index (χ0n) is 8.04. The largest absolute Gasteiger partial charge is 0.244 e. The van der Waals surface area contributed by atoms with Crippen LogP contribution >= 0.6 is 11.3 Å². The van der Waals surface area contributed by atoms with E-state index in [1.165, 1.54) is 11.3 Å². The van der Waals surface area contributed by atoms with Crippen molar-refractivity contribution in [1.29, 1.82) is 0 Å². The van der Waals surface area contributed by atoms with Crippen molar-refractivity contribution in [2.45, 2.75) is 13.8 Å². The molecule has 0 spiro atoms. The van der Waals surface area contributed by atoms with Gasteiger partial charge in [0.25, 0.3) is 0 Å². The van der Waals surface area contributed by atoms with Crippen LogP contribution in [0.5, 0.6) is 0 Å². The highest BCUT2D eigenvalue weighted by Crippen LogP contribution is 2.28. The maximum absolute atomic E-state index is 13.7. The first-order valence-corrected chi connectivity index (χ1v) is 5.18. The monoisotopic (exact) mass is 207 g/mol. The van der Waals surface area contributed by atoms with E-state index in [2.05, 4.69) is 4.98 Å². The van der Waals surface area contributed by atoms with Crippen molar-refractivity contribution in [1.82, 2.24) is 4.98 Å². The molecule has 1 nitrogen and oxygen atoms in total. The first-order chi connectivity index (χ1) is 6.68. The Bertz CT molecular complexity index is 462. The predicted molar refractivity (Wildman–Crippen MR) is 57.0 cm³/mol. The Labute approximate surface area is 86.2 Å². The number of aromatic nitrogens is 1. The van der Waals surface area contributed by atoms with Crippen LogP contribution in [0.3, 0.4) is 0 Å². The maximum atomic E-state index is 13.7. The molecule has 0 amide bonds. The third-order valence-corrected chi connectivity index (χ3v) is 2.99. The van der Waals surface area contributed by atoms with E-state index in [-0.39, 0.29) is 5.82 Å². The summed E-state index contributed by atoms with van der Waals surface area (Å²) in [6.45, 7) is 3.73. The number of nitrogens with zero attached hydrogens (tertiary/aromatic N) is 1. The molecule has 72 valence electrons. The smallest absolute Gasteiger partial charge is 0.136 e. The van der Waals surface area contributed by atoms with Crippen LogP contribution in [0.15, 0.2) is 24.4 Å². The fourth-order valence-electron chi connectivity index (χ4n) is 1.29. The van der Waals surface area contributed by atoms with Gasteiger partial charge < -0.3 is 0 Å². The van der Waals surface area contributed by atoms with Crippen LogP contribution in [0, 0.1) is 19.7 Å². The number of aryl methyl sites for hydroxylation is 2. The van der Waals surface area contributed by atoms with Crippen molar-refractivity contribution in [3.05, 3.63) is 40.7 Å². The molecule has 0 N–H and O–H groups in total. The molecule has 0 atom stereocenters. The molecule has 0 saturated heterocycles. The molecule has 0 aliphatic carbocycles. The third kappa shape index (κ3) is 1.55. The van der Waals surface area contributed by atoms with E-state index in [1.54, 1.807) is 25.3 Å². The molecule has 2 aromatic rings. The SMILES string of the molecule is Cc1cnc(-c2cccc(C)c2F)s1. The molecule has 0 aliphatic rings. The average molecular weight is 207 g/mol. The van der Waals surface area contributed by atoms with Gasteiger partial charge in [0.05, 0.1) is 0 Å². The molecule has 0 saturated carbocycles. The molecule has 2 rings (SSSR count). The van der Waals surface area contributed by atoms with Gasteiger partial charge in [-0.3, -0.25) is 0 Å². The van der Waals surface area contributed by atoms with Gasteiger partial charge in [-0.2, -0.15) is 0 Å². The highest BCUT2D eigenvalue weighted by atomic mass is 32.1. The van der Waals surface area contributed by atoms with E-state index >= 15 is 0 Å². The third-order valence-electron chi connectivity index (χ3n) is 2.04. The summed E-state index contributed by atoms with van der Waals surface area (Å²) in [5, 5.41) is 0.753. The van der Waals surface area contributed by atoms with Gasteiger partial charge in [0.15, 0.2) is 0 Å². The maximum Gasteiger partial charge on any atom is 0.136 e. The van der Waals surface area contributed by atoms with Crippen LogP contribution in [0.4, 0.5) is 4.39 Å². The topological polar surface area (TPSA) is 12.9 Å². The van der Waals surface area contributed by atoms with E-state index in [0.29, 0.717) is 11.1 Å². The molecule has 0 aliphatic heterocycles. The zero-order valence-corrected chi connectivity index (χ0v) is 8.86. The van der Waals surface area contributed by atoms with Crippen LogP contribution in [-0.4, -0.2) is 4.98 Å². The second-order valence-electron chi connectivity index (χ2n) is 3.21. The molecular weight excluding hydrogens is 197 g/mol. The van der Waals surface area contributed by atoms with E-state index in [0.717, 1.165) is 9.88 Å². The second-order valence-corrected chi connectivity index (χ2v) is 4.45. The van der Waals surface area contributed by atoms with Crippen molar-refractivity contribution >= 4 is 11.3 Å². The Morgan fingerprint density at radius 1 is 1.29 bits per heavy atom. The standard InChI is InChI=1S/C11H10FNS/c1-7-4-3-5-9(10(7)12)11-13-6-8(2)14-11/h3-6H,1-2H3. The molecule has 0 bridgehead atoms. The molecule has 1 aromatic carbocycles. The normalized spacial score (nSPS) is 10.5. The Morgan fingerprint density at radius 3 is 2.71 bits per heavy atom. The lowest BCUT2D eigenvalue weighted by Crippen LogP contribution is -1.86. The van der Waals surface area contributed by atoms with Gasteiger partial charge in [0.2, 0.25) is 0 Å². The minimum atomic E-state index is -0.165. The molecule has 14 heavy (non-hydrogen) atoms. The lowest BCUT2D eigenvalue weighted by molar-refractivity contribution is 0.622. The number of hydrogen-bond donors (Lipinski definition) is 0. The molecule has 3 heteroatoms. The van der Waals surface area contributed by atoms with Crippen LogP contribution in [0.2, 0.25) is 0 Å². The van der Waals surface area contributed by atoms with Crippen LogP contribution in [0.1, 0.15) is 10.4 Å². The molecule has 1 aromatic heterocycles. The molecule has 0 radical (unpaired) electrons. The summed E-state index contributed by atoms with van der Waals surface area (Å²) < 4.78 is 13.7. The van der Waals surface area contributed by atoms with Gasteiger partial charge in [-0.05, 0) is 25.5 Å². The second kappa shape index (κ2) is 3.50. The van der Waals surface area contributed by atoms with Gasteiger partial charge >= 0.3 is 0 Å². The summed E-state index contributed by atoms with van der Waals surface area (Å²) >= 11 is 1.51. The number of benzene rings is 1. The van der Waals surface area contributed by atoms with E-state index in [1.807, 2.05) is 13.0 Å². The van der Waals surface area contributed by atoms with Gasteiger partial charge in [0.1, 0.15) is 10.8 Å². The van der Waals surface area contributed by atoms with Gasteiger partial charge in [-0.25, -0.2) is 9.37 Å². The summed E-state index contributed by atoms with van der Waals surface area (Å²) in [7, 11) is 0. The number of thiazole rings is 1. The van der Waals surface area contributed by atoms with Gasteiger partial charge in [-0.15, -0.1) is 11.3 Å². The van der Waals surface area contributed by atoms with Crippen molar-refractivity contribution in [2.24, 2.45) is 0 Å². The number of rotatable bonds is 1. The van der Waals surface area contributed by atoms with E-state index in [9.17, 15) is 4.39 Å². The summed E-state index contributed by atoms with van der Waals surface area (Å²) in [5.74, 6) is -0.165. The zero-order chi connectivity index (χ0) is 10.1. The van der Waals surface area contributed by atoms with Crippen LogP contribution in [0.25, 0.3) is 10.6 Å². The van der Waals surface area contributed by atoms with E-state index < -0.39 is 0 Å². The van der Waals surface area contributed by atoms with Crippen molar-refractivity contribution in [3.63, 3.8) is 0 Å². The highest BCUT2D eigenvalue weighted by molar-refractivity contribution is 7.14. The number of hydrogen-bond acceptors (Lipinski definition) is 2. The lowest BCUT2D eigenvalue weighted by atomic mass is 10.1. The van der Waals surface area contributed by atoms with E-state index in [4.69, 9.17) is 0 Å². The van der Waals surface area contributed by atoms with Crippen LogP contribution < -0.4 is 0 Å². The Morgan fingerprint density at radius 2 is 2.07 bits per heavy atom. The predicted octanol–water partition coefficient (Wildman–Crippen LogP) is 3.57. The molecular formula is C11H10FNS. The van der Waals surface area contributed by atoms with Gasteiger partial charge in [-0.1, -0.05) is 12.1 Å². The Kier molecular flexibility index (Phi) is 2.33.